The van der Waals surface area contributed by atoms with E-state index in [1.165, 1.54) is 14.2 Å². The Kier molecular flexibility index (Phi) is 7.24. The summed E-state index contributed by atoms with van der Waals surface area (Å²) in [6.07, 6.45) is 0. The molecule has 0 aliphatic rings. The van der Waals surface area contributed by atoms with Gasteiger partial charge in [0.15, 0.2) is 11.5 Å². The van der Waals surface area contributed by atoms with Crippen molar-refractivity contribution in [3.05, 3.63) is 118 Å². The maximum atomic E-state index is 12.2. The average molecular weight is 537 g/mol. The van der Waals surface area contributed by atoms with Crippen LogP contribution in [0.25, 0.3) is 44.6 Å². The first kappa shape index (κ1) is 26.1. The van der Waals surface area contributed by atoms with Gasteiger partial charge in [0.05, 0.1) is 25.0 Å². The van der Waals surface area contributed by atoms with Gasteiger partial charge in [0.2, 0.25) is 22.4 Å². The predicted octanol–water partition coefficient (Wildman–Crippen LogP) is 6.35. The van der Waals surface area contributed by atoms with Crippen LogP contribution in [-0.2, 0) is 0 Å². The van der Waals surface area contributed by atoms with Gasteiger partial charge in [0.25, 0.3) is 0 Å². The molecule has 2 N–H and O–H groups in total. The summed E-state index contributed by atoms with van der Waals surface area (Å²) in [5.41, 5.74) is 1.15. The Morgan fingerprint density at radius 2 is 0.925 bits per heavy atom. The molecular weight excluding hydrogens is 512 g/mol. The molecule has 6 rings (SSSR count). The third-order valence-corrected chi connectivity index (χ3v) is 6.22. The van der Waals surface area contributed by atoms with Gasteiger partial charge in [0.1, 0.15) is 22.7 Å². The fourth-order valence-electron chi connectivity index (χ4n) is 4.15. The molecule has 0 amide bonds. The molecule has 200 valence electrons. The minimum Gasteiger partial charge on any atom is -0.502 e. The van der Waals surface area contributed by atoms with Gasteiger partial charge in [-0.05, 0) is 24.3 Å². The first-order valence-electron chi connectivity index (χ1n) is 12.2. The molecule has 0 saturated carbocycles. The Hall–Kier alpha value is -5.50. The van der Waals surface area contributed by atoms with Crippen molar-refractivity contribution >= 4 is 21.9 Å². The second-order valence-electron chi connectivity index (χ2n) is 8.67. The van der Waals surface area contributed by atoms with Crippen molar-refractivity contribution in [2.75, 3.05) is 14.2 Å². The smallest absolute Gasteiger partial charge is 0.235 e. The molecule has 40 heavy (non-hydrogen) atoms. The summed E-state index contributed by atoms with van der Waals surface area (Å²) in [4.78, 5) is 24.3. The third kappa shape index (κ3) is 4.98. The lowest BCUT2D eigenvalue weighted by Gasteiger charge is -2.07. The topological polar surface area (TPSA) is 119 Å². The summed E-state index contributed by atoms with van der Waals surface area (Å²) in [7, 11) is 3.08. The molecule has 0 spiro atoms. The highest BCUT2D eigenvalue weighted by atomic mass is 16.5. The standard InChI is InChI=1S/2C16H12O4/c2*1-19-11-7-8-12-13(9-11)20-16(15(18)14(12)17)10-5-3-2-4-6-10/h2*2-9,18H,1H3. The van der Waals surface area contributed by atoms with Crippen molar-refractivity contribution in [1.82, 2.24) is 0 Å². The summed E-state index contributed by atoms with van der Waals surface area (Å²) < 4.78 is 21.6. The van der Waals surface area contributed by atoms with Crippen LogP contribution in [0.1, 0.15) is 0 Å². The summed E-state index contributed by atoms with van der Waals surface area (Å²) in [5.74, 6) is 0.742. The molecule has 0 unspecified atom stereocenters. The van der Waals surface area contributed by atoms with Crippen LogP contribution in [-0.4, -0.2) is 24.4 Å². The van der Waals surface area contributed by atoms with Crippen molar-refractivity contribution < 1.29 is 28.5 Å². The maximum absolute atomic E-state index is 12.2. The Balaban J connectivity index is 0.000000161. The van der Waals surface area contributed by atoms with E-state index in [1.54, 1.807) is 60.7 Å². The summed E-state index contributed by atoms with van der Waals surface area (Å²) >= 11 is 0. The van der Waals surface area contributed by atoms with Crippen LogP contribution in [0.15, 0.2) is 115 Å². The van der Waals surface area contributed by atoms with E-state index in [4.69, 9.17) is 18.3 Å². The first-order valence-corrected chi connectivity index (χ1v) is 12.2. The van der Waals surface area contributed by atoms with E-state index in [2.05, 4.69) is 0 Å². The third-order valence-electron chi connectivity index (χ3n) is 6.22. The second kappa shape index (κ2) is 11.1. The van der Waals surface area contributed by atoms with E-state index in [1.807, 2.05) is 36.4 Å². The molecule has 2 aromatic heterocycles. The lowest BCUT2D eigenvalue weighted by atomic mass is 10.1. The molecule has 0 aliphatic carbocycles. The largest absolute Gasteiger partial charge is 0.502 e. The zero-order valence-electron chi connectivity index (χ0n) is 21.6. The van der Waals surface area contributed by atoms with E-state index in [0.29, 0.717) is 44.6 Å². The van der Waals surface area contributed by atoms with Crippen LogP contribution in [0.3, 0.4) is 0 Å². The SMILES string of the molecule is COc1ccc2c(=O)c(O)c(-c3ccccc3)oc2c1.COc1ccc2c(=O)c(O)c(-c3ccccc3)oc2c1. The fourth-order valence-corrected chi connectivity index (χ4v) is 4.15. The highest BCUT2D eigenvalue weighted by Crippen LogP contribution is 2.32. The highest BCUT2D eigenvalue weighted by molar-refractivity contribution is 5.84. The van der Waals surface area contributed by atoms with E-state index in [-0.39, 0.29) is 23.0 Å². The van der Waals surface area contributed by atoms with Gasteiger partial charge in [-0.1, -0.05) is 60.7 Å². The van der Waals surface area contributed by atoms with Gasteiger partial charge < -0.3 is 28.5 Å². The van der Waals surface area contributed by atoms with Crippen molar-refractivity contribution in [2.45, 2.75) is 0 Å². The van der Waals surface area contributed by atoms with Crippen molar-refractivity contribution in [3.8, 4) is 45.6 Å². The normalized spacial score (nSPS) is 10.7. The number of hydrogen-bond acceptors (Lipinski definition) is 8. The van der Waals surface area contributed by atoms with E-state index in [9.17, 15) is 19.8 Å². The Morgan fingerprint density at radius 1 is 0.550 bits per heavy atom. The van der Waals surface area contributed by atoms with Crippen molar-refractivity contribution in [1.29, 1.82) is 0 Å². The molecule has 0 atom stereocenters. The first-order chi connectivity index (χ1) is 19.4. The number of benzene rings is 4. The Morgan fingerprint density at radius 3 is 1.27 bits per heavy atom. The molecule has 0 saturated heterocycles. The Labute approximate surface area is 227 Å². The number of methoxy groups -OCH3 is 2. The number of ether oxygens (including phenoxy) is 2. The molecule has 0 radical (unpaired) electrons. The van der Waals surface area contributed by atoms with Crippen LogP contribution in [0.5, 0.6) is 23.0 Å². The minimum atomic E-state index is -0.451. The van der Waals surface area contributed by atoms with E-state index in [0.717, 1.165) is 0 Å². The van der Waals surface area contributed by atoms with Crippen molar-refractivity contribution in [3.63, 3.8) is 0 Å². The summed E-state index contributed by atoms with van der Waals surface area (Å²) in [5, 5.41) is 20.7. The zero-order chi connectivity index (χ0) is 28.2. The Bertz CT molecular complexity index is 1780. The number of rotatable bonds is 4. The van der Waals surface area contributed by atoms with Gasteiger partial charge in [-0.3, -0.25) is 9.59 Å². The molecule has 0 fully saturated rings. The molecule has 2 heterocycles. The second-order valence-corrected chi connectivity index (χ2v) is 8.67. The predicted molar refractivity (Wildman–Crippen MR) is 152 cm³/mol. The lowest BCUT2D eigenvalue weighted by molar-refractivity contribution is 0.413. The lowest BCUT2D eigenvalue weighted by Crippen LogP contribution is -2.02. The quantitative estimate of drug-likeness (QED) is 0.268. The average Bonchev–Trinajstić information content (AvgIpc) is 3.01. The van der Waals surface area contributed by atoms with E-state index >= 15 is 0 Å². The zero-order valence-corrected chi connectivity index (χ0v) is 21.6. The maximum Gasteiger partial charge on any atom is 0.235 e. The molecule has 0 bridgehead atoms. The summed E-state index contributed by atoms with van der Waals surface area (Å²) in [6, 6.07) is 27.7. The molecule has 0 aliphatic heterocycles. The molecule has 8 heteroatoms. The van der Waals surface area contributed by atoms with Crippen LogP contribution >= 0.6 is 0 Å². The van der Waals surface area contributed by atoms with Gasteiger partial charge in [0, 0.05) is 23.3 Å². The molecule has 6 aromatic rings. The van der Waals surface area contributed by atoms with Crippen LogP contribution in [0.2, 0.25) is 0 Å². The van der Waals surface area contributed by atoms with Crippen molar-refractivity contribution in [2.24, 2.45) is 0 Å². The monoisotopic (exact) mass is 536 g/mol. The molecule has 8 nitrogen and oxygen atoms in total. The van der Waals surface area contributed by atoms with Crippen LogP contribution in [0.4, 0.5) is 0 Å². The summed E-state index contributed by atoms with van der Waals surface area (Å²) in [6.45, 7) is 0. The number of fused-ring (bicyclic) bond motifs is 2. The molecule has 4 aromatic carbocycles. The van der Waals surface area contributed by atoms with Gasteiger partial charge in [-0.15, -0.1) is 0 Å². The fraction of sp³-hybridized carbons (Fsp3) is 0.0625. The molecular formula is C32H24O8. The van der Waals surface area contributed by atoms with Crippen LogP contribution in [0, 0.1) is 0 Å². The number of aromatic hydroxyl groups is 2. The number of hydrogen-bond donors (Lipinski definition) is 2. The minimum absolute atomic E-state index is 0.163. The van der Waals surface area contributed by atoms with E-state index < -0.39 is 10.9 Å². The van der Waals surface area contributed by atoms with Gasteiger partial charge in [-0.25, -0.2) is 0 Å². The van der Waals surface area contributed by atoms with Crippen LogP contribution < -0.4 is 20.3 Å². The van der Waals surface area contributed by atoms with Gasteiger partial charge in [-0.2, -0.15) is 0 Å². The highest BCUT2D eigenvalue weighted by Gasteiger charge is 2.16. The van der Waals surface area contributed by atoms with Gasteiger partial charge >= 0.3 is 0 Å².